The van der Waals surface area contributed by atoms with E-state index in [-0.39, 0.29) is 0 Å². The van der Waals surface area contributed by atoms with E-state index in [9.17, 15) is 0 Å². The summed E-state index contributed by atoms with van der Waals surface area (Å²) in [4.78, 5) is 3.79. The molecule has 0 N–H and O–H groups in total. The molecule has 3 nitrogen and oxygen atoms in total. The number of ether oxygens (including phenoxy) is 2. The number of methoxy groups -OCH3 is 1. The van der Waals surface area contributed by atoms with Gasteiger partial charge in [0.15, 0.2) is 0 Å². The van der Waals surface area contributed by atoms with E-state index < -0.39 is 0 Å². The average Bonchev–Trinajstić information content (AvgIpc) is 3.42. The second-order valence-electron chi connectivity index (χ2n) is 6.99. The Bertz CT molecular complexity index is 1020. The molecule has 0 radical (unpaired) electrons. The number of anilines is 1. The molecule has 0 spiro atoms. The molecular weight excluding hydrogens is 342 g/mol. The van der Waals surface area contributed by atoms with Crippen LogP contribution in [0.25, 0.3) is 15.8 Å². The van der Waals surface area contributed by atoms with Gasteiger partial charge >= 0.3 is 0 Å². The minimum Gasteiger partial charge on any atom is -0.497 e. The van der Waals surface area contributed by atoms with Gasteiger partial charge in [-0.25, -0.2) is 0 Å². The summed E-state index contributed by atoms with van der Waals surface area (Å²) in [6, 6.07) is 15.5. The minimum atomic E-state index is 0.657. The lowest BCUT2D eigenvalue weighted by molar-refractivity contribution is 0.414. The first-order chi connectivity index (χ1) is 12.7. The molecule has 0 saturated heterocycles. The lowest BCUT2D eigenvalue weighted by Gasteiger charge is -2.31. The third kappa shape index (κ3) is 2.74. The van der Waals surface area contributed by atoms with Gasteiger partial charge in [0.25, 0.3) is 0 Å². The Morgan fingerprint density at radius 1 is 1.04 bits per heavy atom. The van der Waals surface area contributed by atoms with E-state index in [1.807, 2.05) is 17.4 Å². The SMILES string of the molecule is COc1ccc2c(c1)N(C1CC1)CC=C2Oc1ccc2cc(C)sc2c1. The summed E-state index contributed by atoms with van der Waals surface area (Å²) < 4.78 is 13.0. The van der Waals surface area contributed by atoms with Crippen molar-refractivity contribution in [1.29, 1.82) is 0 Å². The van der Waals surface area contributed by atoms with Crippen molar-refractivity contribution in [3.63, 3.8) is 0 Å². The van der Waals surface area contributed by atoms with E-state index in [2.05, 4.69) is 54.3 Å². The molecule has 1 saturated carbocycles. The molecule has 0 atom stereocenters. The van der Waals surface area contributed by atoms with Crippen molar-refractivity contribution >= 4 is 32.9 Å². The van der Waals surface area contributed by atoms with E-state index in [4.69, 9.17) is 9.47 Å². The minimum absolute atomic E-state index is 0.657. The standard InChI is InChI=1S/C22H21NO2S/c1-14-11-15-3-6-18(13-22(15)26-14)25-21-9-10-23(16-4-5-16)20-12-17(24-2)7-8-19(20)21/h3,6-9,11-13,16H,4-5,10H2,1-2H3. The normalized spacial score (nSPS) is 16.4. The maximum absolute atomic E-state index is 6.32. The predicted molar refractivity (Wildman–Crippen MR) is 109 cm³/mol. The maximum atomic E-state index is 6.32. The van der Waals surface area contributed by atoms with Gasteiger partial charge in [0.05, 0.1) is 12.8 Å². The Morgan fingerprint density at radius 2 is 1.88 bits per heavy atom. The molecule has 0 amide bonds. The molecule has 1 fully saturated rings. The van der Waals surface area contributed by atoms with Crippen molar-refractivity contribution in [2.45, 2.75) is 25.8 Å². The van der Waals surface area contributed by atoms with Crippen LogP contribution in [0.15, 0.2) is 48.5 Å². The fraction of sp³-hybridized carbons (Fsp3) is 0.273. The lowest BCUT2D eigenvalue weighted by atomic mass is 10.0. The maximum Gasteiger partial charge on any atom is 0.134 e. The van der Waals surface area contributed by atoms with Crippen molar-refractivity contribution in [2.75, 3.05) is 18.6 Å². The number of fused-ring (bicyclic) bond motifs is 2. The van der Waals surface area contributed by atoms with Crippen LogP contribution in [-0.4, -0.2) is 19.7 Å². The zero-order valence-corrected chi connectivity index (χ0v) is 15.8. The molecule has 132 valence electrons. The van der Waals surface area contributed by atoms with Crippen molar-refractivity contribution < 1.29 is 9.47 Å². The summed E-state index contributed by atoms with van der Waals surface area (Å²) in [6.45, 7) is 3.03. The van der Waals surface area contributed by atoms with Crippen LogP contribution in [0.5, 0.6) is 11.5 Å². The van der Waals surface area contributed by atoms with Crippen molar-refractivity contribution in [3.8, 4) is 11.5 Å². The van der Waals surface area contributed by atoms with Crippen LogP contribution in [0.1, 0.15) is 23.3 Å². The molecule has 26 heavy (non-hydrogen) atoms. The number of thiophene rings is 1. The van der Waals surface area contributed by atoms with Gasteiger partial charge in [0, 0.05) is 33.8 Å². The Morgan fingerprint density at radius 3 is 2.69 bits per heavy atom. The first kappa shape index (κ1) is 15.8. The molecular formula is C22H21NO2S. The monoisotopic (exact) mass is 363 g/mol. The van der Waals surface area contributed by atoms with Gasteiger partial charge in [0.2, 0.25) is 0 Å². The number of rotatable bonds is 4. The lowest BCUT2D eigenvalue weighted by Crippen LogP contribution is -2.30. The number of aryl methyl sites for hydroxylation is 1. The van der Waals surface area contributed by atoms with Crippen LogP contribution < -0.4 is 14.4 Å². The number of nitrogens with zero attached hydrogens (tertiary/aromatic N) is 1. The summed E-state index contributed by atoms with van der Waals surface area (Å²) in [6.07, 6.45) is 4.75. The van der Waals surface area contributed by atoms with Crippen molar-refractivity contribution in [1.82, 2.24) is 0 Å². The van der Waals surface area contributed by atoms with Crippen LogP contribution in [0.3, 0.4) is 0 Å². The Hall–Kier alpha value is -2.46. The van der Waals surface area contributed by atoms with E-state index in [0.29, 0.717) is 6.04 Å². The second-order valence-corrected chi connectivity index (χ2v) is 8.28. The van der Waals surface area contributed by atoms with Crippen molar-refractivity contribution in [3.05, 3.63) is 59.0 Å². The molecule has 3 aromatic rings. The number of hydrogen-bond donors (Lipinski definition) is 0. The summed E-state index contributed by atoms with van der Waals surface area (Å²) in [5.41, 5.74) is 2.36. The van der Waals surface area contributed by atoms with E-state index in [1.165, 1.54) is 33.5 Å². The van der Waals surface area contributed by atoms with Crippen LogP contribution >= 0.6 is 11.3 Å². The first-order valence-corrected chi connectivity index (χ1v) is 9.86. The molecule has 2 aliphatic rings. The van der Waals surface area contributed by atoms with Crippen LogP contribution in [0.4, 0.5) is 5.69 Å². The smallest absolute Gasteiger partial charge is 0.134 e. The van der Waals surface area contributed by atoms with Gasteiger partial charge in [-0.1, -0.05) is 0 Å². The van der Waals surface area contributed by atoms with Gasteiger partial charge in [-0.15, -0.1) is 11.3 Å². The highest BCUT2D eigenvalue weighted by molar-refractivity contribution is 7.19. The highest BCUT2D eigenvalue weighted by Crippen LogP contribution is 2.41. The molecule has 0 unspecified atom stereocenters. The highest BCUT2D eigenvalue weighted by atomic mass is 32.1. The van der Waals surface area contributed by atoms with Crippen LogP contribution in [0.2, 0.25) is 0 Å². The Balaban J connectivity index is 1.50. The Kier molecular flexibility index (Phi) is 3.68. The molecule has 4 heteroatoms. The zero-order chi connectivity index (χ0) is 17.7. The molecule has 0 bridgehead atoms. The second kappa shape index (κ2) is 6.06. The predicted octanol–water partition coefficient (Wildman–Crippen LogP) is 5.62. The molecule has 2 heterocycles. The average molecular weight is 363 g/mol. The summed E-state index contributed by atoms with van der Waals surface area (Å²) in [7, 11) is 1.72. The third-order valence-corrected chi connectivity index (χ3v) is 6.10. The number of benzene rings is 2. The molecule has 5 rings (SSSR count). The fourth-order valence-electron chi connectivity index (χ4n) is 3.64. The van der Waals surface area contributed by atoms with Gasteiger partial charge in [-0.3, -0.25) is 0 Å². The van der Waals surface area contributed by atoms with Gasteiger partial charge < -0.3 is 14.4 Å². The third-order valence-electron chi connectivity index (χ3n) is 5.08. The molecule has 1 aliphatic carbocycles. The van der Waals surface area contributed by atoms with Crippen LogP contribution in [0, 0.1) is 6.92 Å². The van der Waals surface area contributed by atoms with Gasteiger partial charge in [0.1, 0.15) is 17.3 Å². The van der Waals surface area contributed by atoms with E-state index in [1.54, 1.807) is 7.11 Å². The first-order valence-electron chi connectivity index (χ1n) is 9.04. The quantitative estimate of drug-likeness (QED) is 0.600. The summed E-state index contributed by atoms with van der Waals surface area (Å²) in [5, 5.41) is 1.28. The molecule has 1 aliphatic heterocycles. The van der Waals surface area contributed by atoms with Crippen molar-refractivity contribution in [2.24, 2.45) is 0 Å². The summed E-state index contributed by atoms with van der Waals surface area (Å²) >= 11 is 1.81. The largest absolute Gasteiger partial charge is 0.497 e. The summed E-state index contributed by atoms with van der Waals surface area (Å²) in [5.74, 6) is 2.73. The van der Waals surface area contributed by atoms with E-state index >= 15 is 0 Å². The zero-order valence-electron chi connectivity index (χ0n) is 15.0. The van der Waals surface area contributed by atoms with E-state index in [0.717, 1.165) is 29.4 Å². The molecule has 1 aromatic heterocycles. The van der Waals surface area contributed by atoms with Gasteiger partial charge in [-0.2, -0.15) is 0 Å². The highest BCUT2D eigenvalue weighted by Gasteiger charge is 2.33. The number of hydrogen-bond acceptors (Lipinski definition) is 4. The Labute approximate surface area is 157 Å². The molecule has 2 aromatic carbocycles. The topological polar surface area (TPSA) is 21.7 Å². The van der Waals surface area contributed by atoms with Gasteiger partial charge in [-0.05, 0) is 67.6 Å². The van der Waals surface area contributed by atoms with Crippen LogP contribution in [-0.2, 0) is 0 Å². The fourth-order valence-corrected chi connectivity index (χ4v) is 4.59.